The lowest BCUT2D eigenvalue weighted by atomic mass is 10.1. The first-order valence-corrected chi connectivity index (χ1v) is 7.87. The number of rotatable bonds is 4. The molecule has 2 aromatic heterocycles. The van der Waals surface area contributed by atoms with E-state index in [1.807, 2.05) is 6.92 Å². The third-order valence-corrected chi connectivity index (χ3v) is 4.19. The van der Waals surface area contributed by atoms with Gasteiger partial charge in [0.25, 0.3) is 5.56 Å². The van der Waals surface area contributed by atoms with Crippen molar-refractivity contribution < 1.29 is 9.13 Å². The second kappa shape index (κ2) is 6.51. The first-order valence-electron chi connectivity index (χ1n) is 7.87. The zero-order valence-corrected chi connectivity index (χ0v) is 14.2. The van der Waals surface area contributed by atoms with Gasteiger partial charge in [-0.2, -0.15) is 0 Å². The highest BCUT2D eigenvalue weighted by atomic mass is 19.1. The number of halogens is 1. The van der Waals surface area contributed by atoms with Crippen LogP contribution in [0.2, 0.25) is 0 Å². The van der Waals surface area contributed by atoms with Crippen LogP contribution in [-0.4, -0.2) is 21.2 Å². The number of hydrogen-bond acceptors (Lipinski definition) is 4. The van der Waals surface area contributed by atoms with E-state index in [1.165, 1.54) is 23.8 Å². The number of ether oxygens (including phenoxy) is 1. The van der Waals surface area contributed by atoms with Crippen molar-refractivity contribution in [1.82, 2.24) is 14.1 Å². The molecule has 0 unspecified atom stereocenters. The van der Waals surface area contributed by atoms with Gasteiger partial charge < -0.3 is 4.74 Å². The third kappa shape index (κ3) is 2.82. The number of benzene rings is 1. The minimum Gasteiger partial charge on any atom is -0.495 e. The summed E-state index contributed by atoms with van der Waals surface area (Å²) in [5, 5.41) is 0.250. The smallest absolute Gasteiger partial charge is 0.332 e. The first-order chi connectivity index (χ1) is 12.0. The molecule has 0 saturated heterocycles. The quantitative estimate of drug-likeness (QED) is 0.725. The van der Waals surface area contributed by atoms with Gasteiger partial charge in [0.15, 0.2) is 5.65 Å². The fourth-order valence-electron chi connectivity index (χ4n) is 2.91. The molecule has 0 amide bonds. The third-order valence-electron chi connectivity index (χ3n) is 4.19. The van der Waals surface area contributed by atoms with Crippen LogP contribution in [0.3, 0.4) is 0 Å². The SMILES string of the molecule is CCc1cnc2c(c1OC)c(=O)n(Cc1cccc(F)c1)c(=O)n2C. The lowest BCUT2D eigenvalue weighted by molar-refractivity contribution is 0.413. The maximum Gasteiger partial charge on any atom is 0.332 e. The Morgan fingerprint density at radius 1 is 1.28 bits per heavy atom. The summed E-state index contributed by atoms with van der Waals surface area (Å²) >= 11 is 0. The van der Waals surface area contributed by atoms with Crippen molar-refractivity contribution in [2.45, 2.75) is 19.9 Å². The maximum absolute atomic E-state index is 13.4. The van der Waals surface area contributed by atoms with Crippen LogP contribution in [0, 0.1) is 5.82 Å². The summed E-state index contributed by atoms with van der Waals surface area (Å²) in [6, 6.07) is 5.81. The number of fused-ring (bicyclic) bond motifs is 1. The molecule has 0 fully saturated rings. The van der Waals surface area contributed by atoms with Crippen molar-refractivity contribution in [2.24, 2.45) is 7.05 Å². The molecule has 0 spiro atoms. The Balaban J connectivity index is 2.33. The minimum atomic E-state index is -0.513. The van der Waals surface area contributed by atoms with Crippen molar-refractivity contribution in [1.29, 1.82) is 0 Å². The summed E-state index contributed by atoms with van der Waals surface area (Å²) in [5.74, 6) is -0.00299. The number of pyridine rings is 1. The van der Waals surface area contributed by atoms with Crippen molar-refractivity contribution in [3.63, 3.8) is 0 Å². The molecule has 0 aliphatic rings. The molecule has 2 heterocycles. The minimum absolute atomic E-state index is 0.0291. The zero-order chi connectivity index (χ0) is 18.1. The Morgan fingerprint density at radius 3 is 2.68 bits per heavy atom. The summed E-state index contributed by atoms with van der Waals surface area (Å²) in [6.07, 6.45) is 2.25. The predicted octanol–water partition coefficient (Wildman–Crippen LogP) is 1.85. The van der Waals surface area contributed by atoms with Gasteiger partial charge in [-0.15, -0.1) is 0 Å². The summed E-state index contributed by atoms with van der Waals surface area (Å²) in [7, 11) is 3.03. The van der Waals surface area contributed by atoms with E-state index < -0.39 is 17.1 Å². The zero-order valence-electron chi connectivity index (χ0n) is 14.2. The molecule has 0 N–H and O–H groups in total. The van der Waals surface area contributed by atoms with Gasteiger partial charge >= 0.3 is 5.69 Å². The Kier molecular flexibility index (Phi) is 4.39. The second-order valence-electron chi connectivity index (χ2n) is 5.73. The van der Waals surface area contributed by atoms with Crippen LogP contribution >= 0.6 is 0 Å². The average Bonchev–Trinajstić information content (AvgIpc) is 2.62. The predicted molar refractivity (Wildman–Crippen MR) is 92.7 cm³/mol. The number of aryl methyl sites for hydroxylation is 2. The fraction of sp³-hybridized carbons (Fsp3) is 0.278. The molecule has 1 aromatic carbocycles. The Bertz CT molecular complexity index is 1070. The van der Waals surface area contributed by atoms with Gasteiger partial charge in [0.2, 0.25) is 0 Å². The largest absolute Gasteiger partial charge is 0.495 e. The molecule has 3 rings (SSSR count). The van der Waals surface area contributed by atoms with Crippen LogP contribution in [0.25, 0.3) is 11.0 Å². The molecular weight excluding hydrogens is 325 g/mol. The van der Waals surface area contributed by atoms with Gasteiger partial charge in [0.1, 0.15) is 17.0 Å². The lowest BCUT2D eigenvalue weighted by Crippen LogP contribution is -2.39. The Hall–Kier alpha value is -2.96. The van der Waals surface area contributed by atoms with E-state index in [0.29, 0.717) is 17.7 Å². The van der Waals surface area contributed by atoms with E-state index in [9.17, 15) is 14.0 Å². The normalized spacial score (nSPS) is 11.0. The molecule has 0 radical (unpaired) electrons. The van der Waals surface area contributed by atoms with Crippen molar-refractivity contribution in [3.8, 4) is 5.75 Å². The summed E-state index contributed by atoms with van der Waals surface area (Å²) in [5.41, 5.74) is 0.558. The molecule has 0 saturated carbocycles. The standard InChI is InChI=1S/C18H18FN3O3/c1-4-12-9-20-16-14(15(12)25-3)17(23)22(18(24)21(16)2)10-11-6-5-7-13(19)8-11/h5-9H,4,10H2,1-3H3. The van der Waals surface area contributed by atoms with Gasteiger partial charge in [-0.25, -0.2) is 14.2 Å². The van der Waals surface area contributed by atoms with Crippen LogP contribution in [0.15, 0.2) is 40.1 Å². The molecule has 0 bridgehead atoms. The van der Waals surface area contributed by atoms with Crippen molar-refractivity contribution in [2.75, 3.05) is 7.11 Å². The monoisotopic (exact) mass is 343 g/mol. The molecule has 7 heteroatoms. The summed E-state index contributed by atoms with van der Waals surface area (Å²) in [6.45, 7) is 1.90. The average molecular weight is 343 g/mol. The van der Waals surface area contributed by atoms with E-state index in [4.69, 9.17) is 4.74 Å². The van der Waals surface area contributed by atoms with Crippen LogP contribution < -0.4 is 16.0 Å². The van der Waals surface area contributed by atoms with Crippen molar-refractivity contribution >= 4 is 11.0 Å². The van der Waals surface area contributed by atoms with Crippen LogP contribution in [0.1, 0.15) is 18.1 Å². The first kappa shape index (κ1) is 16.9. The number of aromatic nitrogens is 3. The van der Waals surface area contributed by atoms with Gasteiger partial charge in [-0.05, 0) is 24.1 Å². The molecule has 0 atom stereocenters. The highest BCUT2D eigenvalue weighted by molar-refractivity contribution is 5.82. The maximum atomic E-state index is 13.4. The van der Waals surface area contributed by atoms with E-state index in [-0.39, 0.29) is 17.6 Å². The van der Waals surface area contributed by atoms with E-state index >= 15 is 0 Å². The van der Waals surface area contributed by atoms with E-state index in [0.717, 1.165) is 10.1 Å². The highest BCUT2D eigenvalue weighted by Gasteiger charge is 2.18. The van der Waals surface area contributed by atoms with Gasteiger partial charge in [0, 0.05) is 18.8 Å². The topological polar surface area (TPSA) is 66.1 Å². The molecular formula is C18H18FN3O3. The molecule has 6 nitrogen and oxygen atoms in total. The fourth-order valence-corrected chi connectivity index (χ4v) is 2.91. The summed E-state index contributed by atoms with van der Waals surface area (Å²) in [4.78, 5) is 29.8. The molecule has 25 heavy (non-hydrogen) atoms. The van der Waals surface area contributed by atoms with Gasteiger partial charge in [-0.1, -0.05) is 19.1 Å². The number of methoxy groups -OCH3 is 1. The Morgan fingerprint density at radius 2 is 2.04 bits per heavy atom. The van der Waals surface area contributed by atoms with E-state index in [1.54, 1.807) is 25.4 Å². The van der Waals surface area contributed by atoms with Gasteiger partial charge in [-0.3, -0.25) is 13.9 Å². The van der Waals surface area contributed by atoms with Crippen LogP contribution in [0.5, 0.6) is 5.75 Å². The van der Waals surface area contributed by atoms with E-state index in [2.05, 4.69) is 4.98 Å². The van der Waals surface area contributed by atoms with Crippen LogP contribution in [0.4, 0.5) is 4.39 Å². The molecule has 130 valence electrons. The molecule has 0 aliphatic carbocycles. The number of nitrogens with zero attached hydrogens (tertiary/aromatic N) is 3. The molecule has 0 aliphatic heterocycles. The summed E-state index contributed by atoms with van der Waals surface area (Å²) < 4.78 is 21.2. The lowest BCUT2D eigenvalue weighted by Gasteiger charge is -2.14. The highest BCUT2D eigenvalue weighted by Crippen LogP contribution is 2.25. The van der Waals surface area contributed by atoms with Gasteiger partial charge in [0.05, 0.1) is 13.7 Å². The van der Waals surface area contributed by atoms with Crippen LogP contribution in [-0.2, 0) is 20.0 Å². The Labute approximate surface area is 143 Å². The van der Waals surface area contributed by atoms with Crippen molar-refractivity contribution in [3.05, 3.63) is 68.2 Å². The second-order valence-corrected chi connectivity index (χ2v) is 5.73. The molecule has 3 aromatic rings. The number of hydrogen-bond donors (Lipinski definition) is 0.